The van der Waals surface area contributed by atoms with Gasteiger partial charge in [0.25, 0.3) is 0 Å². The van der Waals surface area contributed by atoms with Crippen LogP contribution in [0.5, 0.6) is 11.5 Å². The number of nitrogens with zero attached hydrogens (tertiary/aromatic N) is 1. The van der Waals surface area contributed by atoms with Crippen LogP contribution >= 0.6 is 23.2 Å². The molecule has 0 aliphatic heterocycles. The Balaban J connectivity index is 1.66. The molecule has 2 aromatic carbocycles. The summed E-state index contributed by atoms with van der Waals surface area (Å²) in [6, 6.07) is 13.7. The lowest BCUT2D eigenvalue weighted by atomic mass is 10.2. The molecule has 1 aromatic heterocycles. The zero-order valence-corrected chi connectivity index (χ0v) is 18.4. The van der Waals surface area contributed by atoms with E-state index in [4.69, 9.17) is 37.1 Å². The number of hydrogen-bond acceptors (Lipinski definition) is 6. The third-order valence-electron chi connectivity index (χ3n) is 4.23. The third-order valence-corrected chi connectivity index (χ3v) is 4.94. The molecule has 10 heteroatoms. The van der Waals surface area contributed by atoms with Crippen molar-refractivity contribution in [1.29, 1.82) is 0 Å². The molecule has 0 saturated heterocycles. The topological polar surface area (TPSA) is 102 Å². The van der Waals surface area contributed by atoms with Crippen molar-refractivity contribution in [2.75, 3.05) is 7.11 Å². The van der Waals surface area contributed by atoms with E-state index in [0.717, 1.165) is 0 Å². The maximum atomic E-state index is 11.9. The number of carbonyl (C=O) groups excluding carboxylic acids is 2. The third kappa shape index (κ3) is 6.03. The van der Waals surface area contributed by atoms with Gasteiger partial charge in [0.15, 0.2) is 11.5 Å². The number of rotatable bonds is 8. The number of ether oxygens (including phenoxy) is 2. The van der Waals surface area contributed by atoms with E-state index in [9.17, 15) is 9.59 Å². The van der Waals surface area contributed by atoms with Crippen LogP contribution in [0.15, 0.2) is 64.3 Å². The highest BCUT2D eigenvalue weighted by Gasteiger charge is 2.14. The van der Waals surface area contributed by atoms with Crippen LogP contribution < -0.4 is 20.2 Å². The molecule has 2 amide bonds. The first kappa shape index (κ1) is 23.2. The highest BCUT2D eigenvalue weighted by Crippen LogP contribution is 2.32. The Hall–Kier alpha value is -3.49. The van der Waals surface area contributed by atoms with E-state index in [1.165, 1.54) is 19.6 Å². The molecule has 166 valence electrons. The predicted octanol–water partition coefficient (Wildman–Crippen LogP) is 3.94. The van der Waals surface area contributed by atoms with Gasteiger partial charge in [-0.05, 0) is 36.4 Å². The molecule has 0 aliphatic rings. The molecule has 2 N–H and O–H groups in total. The first-order chi connectivity index (χ1) is 15.5. The van der Waals surface area contributed by atoms with Gasteiger partial charge in [0.1, 0.15) is 12.4 Å². The van der Waals surface area contributed by atoms with Gasteiger partial charge in [-0.25, -0.2) is 5.43 Å². The minimum absolute atomic E-state index is 0.0846. The van der Waals surface area contributed by atoms with E-state index in [1.807, 2.05) is 0 Å². The standard InChI is InChI=1S/C22H19Cl2N3O5/c1-30-19-9-2-5-14(20(19)32-13-16-17(23)7-3-8-18(16)24)11-26-27-22(29)21(28)25-12-15-6-4-10-31-15/h2-11H,12-13H2,1H3,(H,25,28)(H,27,29)/b26-11-. The molecule has 0 atom stereocenters. The summed E-state index contributed by atoms with van der Waals surface area (Å²) in [6.45, 7) is 0.169. The van der Waals surface area contributed by atoms with Crippen molar-refractivity contribution in [3.8, 4) is 11.5 Å². The van der Waals surface area contributed by atoms with Gasteiger partial charge in [0.2, 0.25) is 0 Å². The Morgan fingerprint density at radius 3 is 2.50 bits per heavy atom. The zero-order chi connectivity index (χ0) is 22.9. The molecule has 32 heavy (non-hydrogen) atoms. The van der Waals surface area contributed by atoms with Gasteiger partial charge in [-0.2, -0.15) is 5.10 Å². The Morgan fingerprint density at radius 1 is 1.06 bits per heavy atom. The molecule has 0 radical (unpaired) electrons. The van der Waals surface area contributed by atoms with Crippen LogP contribution in [0.25, 0.3) is 0 Å². The van der Waals surface area contributed by atoms with Crippen LogP contribution in [0.4, 0.5) is 0 Å². The van der Waals surface area contributed by atoms with Gasteiger partial charge in [0.05, 0.1) is 26.1 Å². The lowest BCUT2D eigenvalue weighted by molar-refractivity contribution is -0.139. The van der Waals surface area contributed by atoms with Gasteiger partial charge < -0.3 is 19.2 Å². The second-order valence-corrected chi connectivity index (χ2v) is 7.14. The number of benzene rings is 2. The maximum Gasteiger partial charge on any atom is 0.329 e. The smallest absolute Gasteiger partial charge is 0.329 e. The van der Waals surface area contributed by atoms with Gasteiger partial charge in [-0.3, -0.25) is 9.59 Å². The van der Waals surface area contributed by atoms with Crippen molar-refractivity contribution < 1.29 is 23.5 Å². The number of hydrogen-bond donors (Lipinski definition) is 2. The van der Waals surface area contributed by atoms with E-state index < -0.39 is 11.8 Å². The summed E-state index contributed by atoms with van der Waals surface area (Å²) in [5.41, 5.74) is 3.29. The van der Waals surface area contributed by atoms with E-state index >= 15 is 0 Å². The number of halogens is 2. The summed E-state index contributed by atoms with van der Waals surface area (Å²) in [6.07, 6.45) is 2.81. The number of amides is 2. The molecular formula is C22H19Cl2N3O5. The first-order valence-corrected chi connectivity index (χ1v) is 10.1. The van der Waals surface area contributed by atoms with Crippen LogP contribution in [0.3, 0.4) is 0 Å². The summed E-state index contributed by atoms with van der Waals surface area (Å²) in [5, 5.41) is 7.20. The van der Waals surface area contributed by atoms with Gasteiger partial charge >= 0.3 is 11.8 Å². The second-order valence-electron chi connectivity index (χ2n) is 6.33. The molecule has 0 fully saturated rings. The van der Waals surface area contributed by atoms with Gasteiger partial charge in [0, 0.05) is 21.2 Å². The van der Waals surface area contributed by atoms with Crippen molar-refractivity contribution >= 4 is 41.2 Å². The number of methoxy groups -OCH3 is 1. The van der Waals surface area contributed by atoms with Crippen molar-refractivity contribution in [2.24, 2.45) is 5.10 Å². The fourth-order valence-electron chi connectivity index (χ4n) is 2.64. The summed E-state index contributed by atoms with van der Waals surface area (Å²) >= 11 is 12.4. The van der Waals surface area contributed by atoms with Crippen molar-refractivity contribution in [3.63, 3.8) is 0 Å². The largest absolute Gasteiger partial charge is 0.493 e. The molecule has 0 spiro atoms. The fourth-order valence-corrected chi connectivity index (χ4v) is 3.14. The van der Waals surface area contributed by atoms with Gasteiger partial charge in [-0.1, -0.05) is 35.3 Å². The highest BCUT2D eigenvalue weighted by molar-refractivity contribution is 6.36. The Labute approximate surface area is 194 Å². The Bertz CT molecular complexity index is 1100. The number of hydrazone groups is 1. The minimum atomic E-state index is -0.930. The zero-order valence-electron chi connectivity index (χ0n) is 16.9. The quantitative estimate of drug-likeness (QED) is 0.291. The number of carbonyl (C=O) groups is 2. The van der Waals surface area contributed by atoms with Crippen LogP contribution in [0, 0.1) is 0 Å². The average molecular weight is 476 g/mol. The first-order valence-electron chi connectivity index (χ1n) is 9.36. The number of furan rings is 1. The van der Waals surface area contributed by atoms with Gasteiger partial charge in [-0.15, -0.1) is 0 Å². The summed E-state index contributed by atoms with van der Waals surface area (Å²) < 4.78 is 16.3. The average Bonchev–Trinajstić information content (AvgIpc) is 3.31. The van der Waals surface area contributed by atoms with Crippen LogP contribution in [0.1, 0.15) is 16.9 Å². The molecular weight excluding hydrogens is 457 g/mol. The molecule has 3 rings (SSSR count). The predicted molar refractivity (Wildman–Crippen MR) is 120 cm³/mol. The van der Waals surface area contributed by atoms with Crippen molar-refractivity contribution in [3.05, 3.63) is 81.7 Å². The summed E-state index contributed by atoms with van der Waals surface area (Å²) in [7, 11) is 1.50. The number of para-hydroxylation sites is 1. The summed E-state index contributed by atoms with van der Waals surface area (Å²) in [5.74, 6) is -0.451. The molecule has 0 aliphatic carbocycles. The lowest BCUT2D eigenvalue weighted by Crippen LogP contribution is -2.37. The van der Waals surface area contributed by atoms with E-state index in [1.54, 1.807) is 48.5 Å². The Kier molecular flexibility index (Phi) is 8.13. The minimum Gasteiger partial charge on any atom is -0.493 e. The van der Waals surface area contributed by atoms with Crippen LogP contribution in [-0.2, 0) is 22.7 Å². The molecule has 3 aromatic rings. The normalized spacial score (nSPS) is 10.7. The van der Waals surface area contributed by atoms with E-state index in [0.29, 0.717) is 38.4 Å². The van der Waals surface area contributed by atoms with Crippen molar-refractivity contribution in [2.45, 2.75) is 13.2 Å². The fraction of sp³-hybridized carbons (Fsp3) is 0.136. The molecule has 1 heterocycles. The molecule has 8 nitrogen and oxygen atoms in total. The number of nitrogens with one attached hydrogen (secondary N) is 2. The molecule has 0 unspecified atom stereocenters. The maximum absolute atomic E-state index is 11.9. The second kappa shape index (κ2) is 11.2. The van der Waals surface area contributed by atoms with Crippen LogP contribution in [0.2, 0.25) is 10.0 Å². The van der Waals surface area contributed by atoms with E-state index in [2.05, 4.69) is 15.8 Å². The van der Waals surface area contributed by atoms with E-state index in [-0.39, 0.29) is 13.2 Å². The Morgan fingerprint density at radius 2 is 1.81 bits per heavy atom. The monoisotopic (exact) mass is 475 g/mol. The highest BCUT2D eigenvalue weighted by atomic mass is 35.5. The van der Waals surface area contributed by atoms with Crippen molar-refractivity contribution in [1.82, 2.24) is 10.7 Å². The lowest BCUT2D eigenvalue weighted by Gasteiger charge is -2.14. The SMILES string of the molecule is COc1cccc(/C=N\NC(=O)C(=O)NCc2ccco2)c1OCc1c(Cl)cccc1Cl. The molecule has 0 bridgehead atoms. The molecule has 0 saturated carbocycles. The summed E-state index contributed by atoms with van der Waals surface area (Å²) in [4.78, 5) is 23.8. The van der Waals surface area contributed by atoms with Crippen LogP contribution in [-0.4, -0.2) is 25.1 Å².